The maximum absolute atomic E-state index is 12.5. The highest BCUT2D eigenvalue weighted by molar-refractivity contribution is 5.91. The normalized spacial score (nSPS) is 31.8. The number of para-hydroxylation sites is 2. The lowest BCUT2D eigenvalue weighted by Gasteiger charge is -2.41. The summed E-state index contributed by atoms with van der Waals surface area (Å²) < 4.78 is 52.1. The van der Waals surface area contributed by atoms with E-state index in [4.69, 9.17) is 9.47 Å². The number of anilines is 1. The number of rotatable bonds is 5. The number of benzene rings is 1. The van der Waals surface area contributed by atoms with E-state index in [0.29, 0.717) is 13.0 Å². The van der Waals surface area contributed by atoms with Crippen LogP contribution >= 0.6 is 0 Å². The topological polar surface area (TPSA) is 109 Å². The molecule has 0 radical (unpaired) electrons. The van der Waals surface area contributed by atoms with Gasteiger partial charge in [-0.05, 0) is 30.9 Å². The Bertz CT molecular complexity index is 734. The van der Waals surface area contributed by atoms with E-state index >= 15 is 0 Å². The van der Waals surface area contributed by atoms with Crippen LogP contribution in [0.3, 0.4) is 0 Å². The molecule has 8 nitrogen and oxygen atoms in total. The molecule has 1 heterocycles. The molecule has 1 aliphatic heterocycles. The third kappa shape index (κ3) is 4.92. The number of aliphatic hydroxyl groups is 2. The third-order valence-electron chi connectivity index (χ3n) is 5.25. The monoisotopic (exact) mass is 420 g/mol. The van der Waals surface area contributed by atoms with E-state index in [1.54, 1.807) is 0 Å². The smallest absolute Gasteiger partial charge is 0.404 e. The number of ether oxygens (including phenoxy) is 3. The van der Waals surface area contributed by atoms with Crippen molar-refractivity contribution in [3.05, 3.63) is 24.3 Å². The molecule has 162 valence electrons. The first-order valence-electron chi connectivity index (χ1n) is 9.05. The van der Waals surface area contributed by atoms with Crippen LogP contribution in [-0.4, -0.2) is 66.8 Å². The number of methoxy groups -OCH3 is 1. The van der Waals surface area contributed by atoms with Gasteiger partial charge >= 0.3 is 12.4 Å². The molecular formula is C18H23F3N2O6. The van der Waals surface area contributed by atoms with E-state index in [1.165, 1.54) is 25.3 Å². The number of urea groups is 1. The fourth-order valence-corrected chi connectivity index (χ4v) is 3.97. The minimum Gasteiger partial charge on any atom is -0.404 e. The molecule has 29 heavy (non-hydrogen) atoms. The molecule has 1 aromatic carbocycles. The molecule has 2 amide bonds. The van der Waals surface area contributed by atoms with Crippen molar-refractivity contribution in [1.82, 2.24) is 5.32 Å². The lowest BCUT2D eigenvalue weighted by atomic mass is 9.82. The quantitative estimate of drug-likeness (QED) is 0.577. The zero-order valence-corrected chi connectivity index (χ0v) is 15.6. The maximum Gasteiger partial charge on any atom is 0.573 e. The van der Waals surface area contributed by atoms with Gasteiger partial charge in [-0.25, -0.2) is 4.79 Å². The summed E-state index contributed by atoms with van der Waals surface area (Å²) in [7, 11) is 1.53. The minimum atomic E-state index is -4.92. The van der Waals surface area contributed by atoms with Crippen LogP contribution in [0.15, 0.2) is 24.3 Å². The molecule has 0 bridgehead atoms. The predicted octanol–water partition coefficient (Wildman–Crippen LogP) is 1.62. The summed E-state index contributed by atoms with van der Waals surface area (Å²) in [6.45, 7) is 0.235. The molecule has 0 aromatic heterocycles. The van der Waals surface area contributed by atoms with Crippen molar-refractivity contribution >= 4 is 11.7 Å². The second kappa shape index (κ2) is 8.34. The summed E-state index contributed by atoms with van der Waals surface area (Å²) in [5.74, 6) is -0.903. The standard InChI is InChI=1S/C18H23F3N2O6/c1-27-8-11-6-10-7-13(24)15(17(10,26)9-28-11)23-16(25)22-12-4-2-3-5-14(12)29-18(19,20)21/h2-5,10-11,13,15,24,26H,6-9H2,1H3,(H2,22,23,25)/t10-,11+,13-,15+,17+/m0/s1. The van der Waals surface area contributed by atoms with Gasteiger partial charge < -0.3 is 35.1 Å². The third-order valence-corrected chi connectivity index (χ3v) is 5.25. The second-order valence-electron chi connectivity index (χ2n) is 7.24. The van der Waals surface area contributed by atoms with Crippen LogP contribution in [-0.2, 0) is 9.47 Å². The van der Waals surface area contributed by atoms with Crippen molar-refractivity contribution in [3.63, 3.8) is 0 Å². The molecule has 4 N–H and O–H groups in total. The predicted molar refractivity (Wildman–Crippen MR) is 94.4 cm³/mol. The second-order valence-corrected chi connectivity index (χ2v) is 7.24. The molecule has 1 aliphatic carbocycles. The summed E-state index contributed by atoms with van der Waals surface area (Å²) >= 11 is 0. The van der Waals surface area contributed by atoms with Crippen molar-refractivity contribution < 1.29 is 42.4 Å². The first kappa shape index (κ1) is 21.6. The summed E-state index contributed by atoms with van der Waals surface area (Å²) in [5, 5.41) is 26.1. The number of carbonyl (C=O) groups excluding carboxylic acids is 1. The van der Waals surface area contributed by atoms with Crippen LogP contribution in [0.2, 0.25) is 0 Å². The van der Waals surface area contributed by atoms with E-state index in [1.807, 2.05) is 0 Å². The maximum atomic E-state index is 12.5. The first-order valence-corrected chi connectivity index (χ1v) is 9.05. The Hall–Kier alpha value is -2.08. The van der Waals surface area contributed by atoms with Gasteiger partial charge in [0.2, 0.25) is 0 Å². The van der Waals surface area contributed by atoms with Crippen LogP contribution < -0.4 is 15.4 Å². The van der Waals surface area contributed by atoms with Gasteiger partial charge in [-0.2, -0.15) is 0 Å². The molecule has 5 atom stereocenters. The Balaban J connectivity index is 1.67. The lowest BCUT2D eigenvalue weighted by Crippen LogP contribution is -2.61. The molecule has 1 saturated carbocycles. The Kier molecular flexibility index (Phi) is 6.22. The summed E-state index contributed by atoms with van der Waals surface area (Å²) in [4.78, 5) is 12.4. The number of amides is 2. The molecule has 0 unspecified atom stereocenters. The van der Waals surface area contributed by atoms with Gasteiger partial charge in [0, 0.05) is 7.11 Å². The van der Waals surface area contributed by atoms with Crippen LogP contribution in [0.25, 0.3) is 0 Å². The van der Waals surface area contributed by atoms with Crippen LogP contribution in [0.1, 0.15) is 12.8 Å². The summed E-state index contributed by atoms with van der Waals surface area (Å²) in [6, 6.07) is 3.11. The van der Waals surface area contributed by atoms with E-state index in [-0.39, 0.29) is 30.7 Å². The van der Waals surface area contributed by atoms with Crippen molar-refractivity contribution in [1.29, 1.82) is 0 Å². The van der Waals surface area contributed by atoms with Crippen LogP contribution in [0.4, 0.5) is 23.7 Å². The zero-order valence-electron chi connectivity index (χ0n) is 15.6. The van der Waals surface area contributed by atoms with Crippen LogP contribution in [0, 0.1) is 5.92 Å². The van der Waals surface area contributed by atoms with Gasteiger partial charge in [-0.3, -0.25) is 0 Å². The number of fused-ring (bicyclic) bond motifs is 1. The van der Waals surface area contributed by atoms with E-state index < -0.39 is 35.9 Å². The first-order chi connectivity index (χ1) is 13.6. The molecule has 2 fully saturated rings. The highest BCUT2D eigenvalue weighted by Gasteiger charge is 2.57. The Labute approximate surface area is 164 Å². The number of hydrogen-bond acceptors (Lipinski definition) is 6. The molecule has 11 heteroatoms. The number of nitrogens with one attached hydrogen (secondary N) is 2. The average Bonchev–Trinajstić information content (AvgIpc) is 2.86. The van der Waals surface area contributed by atoms with Crippen molar-refractivity contribution in [2.24, 2.45) is 5.92 Å². The van der Waals surface area contributed by atoms with E-state index in [2.05, 4.69) is 15.4 Å². The lowest BCUT2D eigenvalue weighted by molar-refractivity contribution is -0.274. The molecule has 3 rings (SSSR count). The fraction of sp³-hybridized carbons (Fsp3) is 0.611. The Morgan fingerprint density at radius 2 is 2.07 bits per heavy atom. The highest BCUT2D eigenvalue weighted by Crippen LogP contribution is 2.43. The zero-order chi connectivity index (χ0) is 21.2. The molecule has 2 aliphatic rings. The molecule has 1 saturated heterocycles. The van der Waals surface area contributed by atoms with Gasteiger partial charge in [-0.1, -0.05) is 12.1 Å². The average molecular weight is 420 g/mol. The molecule has 0 spiro atoms. The largest absolute Gasteiger partial charge is 0.573 e. The van der Waals surface area contributed by atoms with E-state index in [9.17, 15) is 28.2 Å². The van der Waals surface area contributed by atoms with Crippen molar-refractivity contribution in [2.45, 2.75) is 43.1 Å². The number of halogens is 3. The van der Waals surface area contributed by atoms with Gasteiger partial charge in [0.15, 0.2) is 5.75 Å². The molecule has 1 aromatic rings. The number of aliphatic hydroxyl groups excluding tert-OH is 1. The van der Waals surface area contributed by atoms with Gasteiger partial charge in [0.1, 0.15) is 5.60 Å². The van der Waals surface area contributed by atoms with E-state index in [0.717, 1.165) is 6.07 Å². The number of alkyl halides is 3. The van der Waals surface area contributed by atoms with Crippen LogP contribution in [0.5, 0.6) is 5.75 Å². The summed E-state index contributed by atoms with van der Waals surface area (Å²) in [6.07, 6.45) is -5.49. The summed E-state index contributed by atoms with van der Waals surface area (Å²) in [5.41, 5.74) is -1.71. The SMILES string of the molecule is COC[C@H]1C[C@H]2C[C@H](O)[C@@H](NC(=O)Nc3ccccc3OC(F)(F)F)[C@@]2(O)CO1. The molecular weight excluding hydrogens is 397 g/mol. The fourth-order valence-electron chi connectivity index (χ4n) is 3.97. The Morgan fingerprint density at radius 1 is 1.34 bits per heavy atom. The van der Waals surface area contributed by atoms with Crippen molar-refractivity contribution in [3.8, 4) is 5.75 Å². The number of carbonyl (C=O) groups is 1. The van der Waals surface area contributed by atoms with Gasteiger partial charge in [-0.15, -0.1) is 13.2 Å². The van der Waals surface area contributed by atoms with Crippen molar-refractivity contribution in [2.75, 3.05) is 25.6 Å². The van der Waals surface area contributed by atoms with Gasteiger partial charge in [0.05, 0.1) is 37.2 Å². The highest BCUT2D eigenvalue weighted by atomic mass is 19.4. The Morgan fingerprint density at radius 3 is 2.76 bits per heavy atom. The van der Waals surface area contributed by atoms with Gasteiger partial charge in [0.25, 0.3) is 0 Å². The minimum absolute atomic E-state index is 0.110. The number of hydrogen-bond donors (Lipinski definition) is 4.